The number of ether oxygens (including phenoxy) is 1. The zero-order valence-corrected chi connectivity index (χ0v) is 11.4. The summed E-state index contributed by atoms with van der Waals surface area (Å²) in [6, 6.07) is 7.94. The molecule has 0 heterocycles. The van der Waals surface area contributed by atoms with Crippen LogP contribution in [0, 0.1) is 22.7 Å². The number of nitrogens with one attached hydrogen (secondary N) is 1. The van der Waals surface area contributed by atoms with Crippen LogP contribution in [0.4, 0.5) is 0 Å². The van der Waals surface area contributed by atoms with E-state index < -0.39 is 0 Å². The van der Waals surface area contributed by atoms with Crippen LogP contribution in [0.5, 0.6) is 5.75 Å². The summed E-state index contributed by atoms with van der Waals surface area (Å²) in [7, 11) is 1.61. The van der Waals surface area contributed by atoms with E-state index in [0.29, 0.717) is 16.7 Å². The Morgan fingerprint density at radius 1 is 1.42 bits per heavy atom. The summed E-state index contributed by atoms with van der Waals surface area (Å²) >= 11 is 0. The first-order valence-electron chi connectivity index (χ1n) is 7.05. The minimum Gasteiger partial charge on any atom is -0.495 e. The van der Waals surface area contributed by atoms with Crippen LogP contribution < -0.4 is 10.1 Å². The predicted octanol–water partition coefficient (Wildman–Crippen LogP) is 2.85. The van der Waals surface area contributed by atoms with E-state index in [2.05, 4.69) is 11.4 Å². The second-order valence-electron chi connectivity index (χ2n) is 5.89. The molecule has 0 radical (unpaired) electrons. The zero-order chi connectivity index (χ0) is 13.3. The van der Waals surface area contributed by atoms with E-state index in [1.165, 1.54) is 31.2 Å². The molecule has 0 atom stereocenters. The van der Waals surface area contributed by atoms with E-state index in [1.807, 2.05) is 18.2 Å². The van der Waals surface area contributed by atoms with Crippen molar-refractivity contribution in [1.82, 2.24) is 5.32 Å². The predicted molar refractivity (Wildman–Crippen MR) is 73.8 cm³/mol. The van der Waals surface area contributed by atoms with Crippen molar-refractivity contribution in [1.29, 1.82) is 5.26 Å². The van der Waals surface area contributed by atoms with Crippen LogP contribution in [-0.2, 0) is 6.54 Å². The largest absolute Gasteiger partial charge is 0.495 e. The minimum atomic E-state index is 0.600. The molecule has 2 aliphatic rings. The normalized spacial score (nSPS) is 19.8. The number of hydrogen-bond acceptors (Lipinski definition) is 3. The van der Waals surface area contributed by atoms with Gasteiger partial charge in [0, 0.05) is 13.1 Å². The molecule has 19 heavy (non-hydrogen) atoms. The lowest BCUT2D eigenvalue weighted by Gasteiger charge is -2.15. The van der Waals surface area contributed by atoms with Gasteiger partial charge in [0.15, 0.2) is 0 Å². The van der Waals surface area contributed by atoms with Gasteiger partial charge in [-0.2, -0.15) is 5.26 Å². The smallest absolute Gasteiger partial charge is 0.136 e. The van der Waals surface area contributed by atoms with Crippen LogP contribution in [0.2, 0.25) is 0 Å². The highest BCUT2D eigenvalue weighted by molar-refractivity contribution is 5.45. The zero-order valence-electron chi connectivity index (χ0n) is 11.4. The molecule has 0 aliphatic heterocycles. The Labute approximate surface area is 114 Å². The monoisotopic (exact) mass is 256 g/mol. The summed E-state index contributed by atoms with van der Waals surface area (Å²) in [5, 5.41) is 12.5. The van der Waals surface area contributed by atoms with Gasteiger partial charge in [0.05, 0.1) is 12.7 Å². The molecule has 0 amide bonds. The van der Waals surface area contributed by atoms with Crippen LogP contribution in [0.1, 0.15) is 36.8 Å². The fourth-order valence-corrected chi connectivity index (χ4v) is 2.98. The number of rotatable bonds is 6. The highest BCUT2D eigenvalue weighted by Crippen LogP contribution is 2.60. The maximum atomic E-state index is 8.95. The van der Waals surface area contributed by atoms with E-state index in [0.717, 1.165) is 19.0 Å². The molecule has 1 N–H and O–H groups in total. The minimum absolute atomic E-state index is 0.600. The van der Waals surface area contributed by atoms with Crippen molar-refractivity contribution in [2.45, 2.75) is 32.2 Å². The van der Waals surface area contributed by atoms with Gasteiger partial charge in [-0.25, -0.2) is 0 Å². The summed E-state index contributed by atoms with van der Waals surface area (Å²) < 4.78 is 5.23. The summed E-state index contributed by atoms with van der Waals surface area (Å²) in [6.45, 7) is 2.00. The Hall–Kier alpha value is -1.53. The Morgan fingerprint density at radius 3 is 2.79 bits per heavy atom. The summed E-state index contributed by atoms with van der Waals surface area (Å²) in [5.41, 5.74) is 2.42. The van der Waals surface area contributed by atoms with Gasteiger partial charge >= 0.3 is 0 Å². The molecule has 0 spiro atoms. The van der Waals surface area contributed by atoms with Crippen molar-refractivity contribution in [3.63, 3.8) is 0 Å². The van der Waals surface area contributed by atoms with Crippen LogP contribution in [0.3, 0.4) is 0 Å². The average molecular weight is 256 g/mol. The molecule has 3 nitrogen and oxygen atoms in total. The van der Waals surface area contributed by atoms with Gasteiger partial charge in [-0.1, -0.05) is 6.07 Å². The Bertz CT molecular complexity index is 510. The Balaban J connectivity index is 1.56. The fourth-order valence-electron chi connectivity index (χ4n) is 2.98. The van der Waals surface area contributed by atoms with Crippen LogP contribution in [0.15, 0.2) is 18.2 Å². The average Bonchev–Trinajstić information content (AvgIpc) is 3.30. The quantitative estimate of drug-likeness (QED) is 0.851. The molecule has 100 valence electrons. The standard InChI is InChI=1S/C16H20N2O/c1-19-15-8-12(2-3-13(15)9-17)10-18-11-16(6-7-16)14-4-5-14/h2-3,8,14,18H,4-7,10-11H2,1H3. The highest BCUT2D eigenvalue weighted by Gasteiger charge is 2.53. The van der Waals surface area contributed by atoms with Gasteiger partial charge in [0.1, 0.15) is 11.8 Å². The highest BCUT2D eigenvalue weighted by atomic mass is 16.5. The first-order valence-corrected chi connectivity index (χ1v) is 7.05. The second kappa shape index (κ2) is 4.86. The van der Waals surface area contributed by atoms with E-state index >= 15 is 0 Å². The first kappa shape index (κ1) is 12.5. The van der Waals surface area contributed by atoms with Crippen LogP contribution in [0.25, 0.3) is 0 Å². The first-order chi connectivity index (χ1) is 9.27. The lowest BCUT2D eigenvalue weighted by Crippen LogP contribution is -2.25. The molecule has 3 heteroatoms. The van der Waals surface area contributed by atoms with Crippen LogP contribution >= 0.6 is 0 Å². The summed E-state index contributed by atoms with van der Waals surface area (Å²) in [4.78, 5) is 0. The number of methoxy groups -OCH3 is 1. The van der Waals surface area contributed by atoms with E-state index in [9.17, 15) is 0 Å². The van der Waals surface area contributed by atoms with Gasteiger partial charge in [0.25, 0.3) is 0 Å². The second-order valence-corrected chi connectivity index (χ2v) is 5.89. The van der Waals surface area contributed by atoms with E-state index in [1.54, 1.807) is 7.11 Å². The van der Waals surface area contributed by atoms with Gasteiger partial charge in [-0.05, 0) is 54.7 Å². The maximum Gasteiger partial charge on any atom is 0.136 e. The van der Waals surface area contributed by atoms with Gasteiger partial charge in [0.2, 0.25) is 0 Å². The number of benzene rings is 1. The van der Waals surface area contributed by atoms with Gasteiger partial charge < -0.3 is 10.1 Å². The molecule has 0 aromatic heterocycles. The molecule has 2 fully saturated rings. The molecule has 0 saturated heterocycles. The molecule has 2 aliphatic carbocycles. The third-order valence-electron chi connectivity index (χ3n) is 4.53. The van der Waals surface area contributed by atoms with Crippen molar-refractivity contribution in [3.8, 4) is 11.8 Å². The molecular formula is C16H20N2O. The van der Waals surface area contributed by atoms with Gasteiger partial charge in [-0.15, -0.1) is 0 Å². The van der Waals surface area contributed by atoms with Crippen molar-refractivity contribution < 1.29 is 4.74 Å². The lowest BCUT2D eigenvalue weighted by atomic mass is 10.0. The maximum absolute atomic E-state index is 8.95. The van der Waals surface area contributed by atoms with Crippen molar-refractivity contribution in [3.05, 3.63) is 29.3 Å². The number of nitrogens with zero attached hydrogens (tertiary/aromatic N) is 1. The topological polar surface area (TPSA) is 45.0 Å². The summed E-state index contributed by atoms with van der Waals surface area (Å²) in [5.74, 6) is 1.67. The lowest BCUT2D eigenvalue weighted by molar-refractivity contribution is 0.401. The molecular weight excluding hydrogens is 236 g/mol. The van der Waals surface area contributed by atoms with Crippen molar-refractivity contribution in [2.24, 2.45) is 11.3 Å². The number of hydrogen-bond donors (Lipinski definition) is 1. The summed E-state index contributed by atoms with van der Waals surface area (Å²) in [6.07, 6.45) is 5.68. The Kier molecular flexibility index (Phi) is 3.20. The van der Waals surface area contributed by atoms with Crippen molar-refractivity contribution >= 4 is 0 Å². The Morgan fingerprint density at radius 2 is 2.21 bits per heavy atom. The third-order valence-corrected chi connectivity index (χ3v) is 4.53. The molecule has 1 aromatic carbocycles. The molecule has 3 rings (SSSR count). The van der Waals surface area contributed by atoms with Crippen LogP contribution in [-0.4, -0.2) is 13.7 Å². The molecule has 1 aromatic rings. The molecule has 2 saturated carbocycles. The molecule has 0 unspecified atom stereocenters. The number of nitriles is 1. The van der Waals surface area contributed by atoms with E-state index in [-0.39, 0.29) is 0 Å². The third kappa shape index (κ3) is 2.59. The van der Waals surface area contributed by atoms with E-state index in [4.69, 9.17) is 10.00 Å². The van der Waals surface area contributed by atoms with Crippen molar-refractivity contribution in [2.75, 3.05) is 13.7 Å². The van der Waals surface area contributed by atoms with Gasteiger partial charge in [-0.3, -0.25) is 0 Å². The fraction of sp³-hybridized carbons (Fsp3) is 0.562. The molecule has 0 bridgehead atoms. The SMILES string of the molecule is COc1cc(CNCC2(C3CC3)CC2)ccc1C#N.